The van der Waals surface area contributed by atoms with E-state index >= 15 is 0 Å². The Morgan fingerprint density at radius 3 is 3.07 bits per heavy atom. The number of hydrogen-bond donors (Lipinski definition) is 2. The molecule has 0 aromatic heterocycles. The Labute approximate surface area is 84.9 Å². The van der Waals surface area contributed by atoms with Crippen molar-refractivity contribution in [3.05, 3.63) is 46.8 Å². The topological polar surface area (TPSA) is 38.0 Å². The molecule has 74 valence electrons. The van der Waals surface area contributed by atoms with Crippen LogP contribution in [-0.4, -0.2) is 6.54 Å². The summed E-state index contributed by atoms with van der Waals surface area (Å²) in [7, 11) is 0. The van der Waals surface area contributed by atoms with Crippen molar-refractivity contribution in [1.29, 1.82) is 0 Å². The zero-order chi connectivity index (χ0) is 9.97. The van der Waals surface area contributed by atoms with Gasteiger partial charge in [-0.15, -0.1) is 0 Å². The van der Waals surface area contributed by atoms with Crippen LogP contribution >= 0.6 is 0 Å². The van der Waals surface area contributed by atoms with E-state index in [4.69, 9.17) is 5.73 Å². The van der Waals surface area contributed by atoms with Gasteiger partial charge in [0.1, 0.15) is 0 Å². The average molecular weight is 188 g/mol. The summed E-state index contributed by atoms with van der Waals surface area (Å²) in [4.78, 5) is 0. The van der Waals surface area contributed by atoms with Crippen LogP contribution < -0.4 is 11.1 Å². The van der Waals surface area contributed by atoms with Crippen molar-refractivity contribution in [2.75, 3.05) is 6.54 Å². The molecule has 1 aliphatic heterocycles. The van der Waals surface area contributed by atoms with E-state index in [9.17, 15) is 0 Å². The lowest BCUT2D eigenvalue weighted by molar-refractivity contribution is 0.803. The molecule has 0 saturated carbocycles. The van der Waals surface area contributed by atoms with E-state index in [1.807, 2.05) is 6.08 Å². The SMILES string of the molecule is CC1=C(/C=C\N)CCC2=C1NCC=C2. The van der Waals surface area contributed by atoms with Gasteiger partial charge in [-0.1, -0.05) is 12.2 Å². The Morgan fingerprint density at radius 1 is 1.43 bits per heavy atom. The van der Waals surface area contributed by atoms with Crippen LogP contribution in [0.25, 0.3) is 0 Å². The molecule has 0 fully saturated rings. The normalized spacial score (nSPS) is 21.5. The minimum absolute atomic E-state index is 0.940. The van der Waals surface area contributed by atoms with Crippen LogP contribution in [0.15, 0.2) is 46.8 Å². The first-order valence-corrected chi connectivity index (χ1v) is 5.05. The molecule has 1 aliphatic carbocycles. The first-order chi connectivity index (χ1) is 6.83. The molecular weight excluding hydrogens is 172 g/mol. The molecular formula is C12H16N2. The van der Waals surface area contributed by atoms with Crippen molar-refractivity contribution in [3.8, 4) is 0 Å². The van der Waals surface area contributed by atoms with Crippen molar-refractivity contribution in [1.82, 2.24) is 5.32 Å². The zero-order valence-corrected chi connectivity index (χ0v) is 8.51. The van der Waals surface area contributed by atoms with Crippen LogP contribution in [0, 0.1) is 0 Å². The van der Waals surface area contributed by atoms with E-state index in [-0.39, 0.29) is 0 Å². The molecule has 14 heavy (non-hydrogen) atoms. The highest BCUT2D eigenvalue weighted by atomic mass is 14.9. The molecule has 2 nitrogen and oxygen atoms in total. The molecule has 2 rings (SSSR count). The van der Waals surface area contributed by atoms with E-state index in [2.05, 4.69) is 24.4 Å². The van der Waals surface area contributed by atoms with Gasteiger partial charge in [-0.2, -0.15) is 0 Å². The lowest BCUT2D eigenvalue weighted by atomic mass is 9.88. The van der Waals surface area contributed by atoms with Crippen LogP contribution in [0.1, 0.15) is 19.8 Å². The Bertz CT molecular complexity index is 357. The molecule has 0 aromatic rings. The van der Waals surface area contributed by atoms with Crippen LogP contribution in [0.4, 0.5) is 0 Å². The van der Waals surface area contributed by atoms with Crippen molar-refractivity contribution in [2.24, 2.45) is 5.73 Å². The Kier molecular flexibility index (Phi) is 2.44. The van der Waals surface area contributed by atoms with Gasteiger partial charge < -0.3 is 11.1 Å². The van der Waals surface area contributed by atoms with Crippen LogP contribution in [0.2, 0.25) is 0 Å². The highest BCUT2D eigenvalue weighted by Crippen LogP contribution is 2.31. The van der Waals surface area contributed by atoms with Gasteiger partial charge in [0.15, 0.2) is 0 Å². The molecule has 0 spiro atoms. The van der Waals surface area contributed by atoms with Gasteiger partial charge >= 0.3 is 0 Å². The summed E-state index contributed by atoms with van der Waals surface area (Å²) in [6, 6.07) is 0. The molecule has 0 amide bonds. The minimum atomic E-state index is 0.940. The maximum Gasteiger partial charge on any atom is 0.0407 e. The van der Waals surface area contributed by atoms with Gasteiger partial charge in [-0.05, 0) is 48.8 Å². The van der Waals surface area contributed by atoms with Crippen LogP contribution in [-0.2, 0) is 0 Å². The summed E-state index contributed by atoms with van der Waals surface area (Å²) < 4.78 is 0. The molecule has 0 saturated heterocycles. The zero-order valence-electron chi connectivity index (χ0n) is 8.51. The third-order valence-corrected chi connectivity index (χ3v) is 2.85. The Morgan fingerprint density at radius 2 is 2.29 bits per heavy atom. The van der Waals surface area contributed by atoms with Crippen LogP contribution in [0.5, 0.6) is 0 Å². The smallest absolute Gasteiger partial charge is 0.0407 e. The summed E-state index contributed by atoms with van der Waals surface area (Å²) in [6.07, 6.45) is 10.3. The molecule has 0 aromatic carbocycles. The predicted octanol–water partition coefficient (Wildman–Crippen LogP) is 1.98. The van der Waals surface area contributed by atoms with Crippen molar-refractivity contribution in [3.63, 3.8) is 0 Å². The van der Waals surface area contributed by atoms with E-state index in [1.165, 1.54) is 22.4 Å². The van der Waals surface area contributed by atoms with Gasteiger partial charge in [-0.25, -0.2) is 0 Å². The fraction of sp³-hybridized carbons (Fsp3) is 0.333. The molecule has 3 N–H and O–H groups in total. The van der Waals surface area contributed by atoms with Gasteiger partial charge in [0.05, 0.1) is 0 Å². The minimum Gasteiger partial charge on any atom is -0.405 e. The van der Waals surface area contributed by atoms with Gasteiger partial charge in [0.25, 0.3) is 0 Å². The maximum absolute atomic E-state index is 5.42. The van der Waals surface area contributed by atoms with Gasteiger partial charge in [0.2, 0.25) is 0 Å². The van der Waals surface area contributed by atoms with Gasteiger partial charge in [0, 0.05) is 12.2 Å². The number of nitrogens with one attached hydrogen (secondary N) is 1. The first-order valence-electron chi connectivity index (χ1n) is 5.05. The number of allylic oxidation sites excluding steroid dienone is 5. The van der Waals surface area contributed by atoms with Crippen molar-refractivity contribution >= 4 is 0 Å². The second kappa shape index (κ2) is 3.74. The molecule has 0 radical (unpaired) electrons. The molecule has 2 heteroatoms. The van der Waals surface area contributed by atoms with E-state index in [0.717, 1.165) is 19.4 Å². The van der Waals surface area contributed by atoms with E-state index in [1.54, 1.807) is 6.20 Å². The monoisotopic (exact) mass is 188 g/mol. The molecule has 0 atom stereocenters. The third kappa shape index (κ3) is 1.48. The third-order valence-electron chi connectivity index (χ3n) is 2.85. The highest BCUT2D eigenvalue weighted by molar-refractivity contribution is 5.48. The maximum atomic E-state index is 5.42. The second-order valence-corrected chi connectivity index (χ2v) is 3.69. The summed E-state index contributed by atoms with van der Waals surface area (Å²) in [5.74, 6) is 0. The Balaban J connectivity index is 2.39. The molecule has 0 unspecified atom stereocenters. The lowest BCUT2D eigenvalue weighted by Gasteiger charge is -2.25. The average Bonchev–Trinajstić information content (AvgIpc) is 2.23. The van der Waals surface area contributed by atoms with Gasteiger partial charge in [-0.3, -0.25) is 0 Å². The number of dihydropyridines is 1. The summed E-state index contributed by atoms with van der Waals surface area (Å²) in [5.41, 5.74) is 10.9. The number of hydrogen-bond acceptors (Lipinski definition) is 2. The standard InChI is InChI=1S/C12H16N2/c1-9-10(6-7-13)4-5-11-3-2-8-14-12(9)11/h2-3,6-7,14H,4-5,8,13H2,1H3/b7-6-. The molecule has 0 bridgehead atoms. The number of rotatable bonds is 1. The quantitative estimate of drug-likeness (QED) is 0.660. The predicted molar refractivity (Wildman–Crippen MR) is 59.4 cm³/mol. The Hall–Kier alpha value is -1.44. The summed E-state index contributed by atoms with van der Waals surface area (Å²) >= 11 is 0. The fourth-order valence-electron chi connectivity index (χ4n) is 2.08. The fourth-order valence-corrected chi connectivity index (χ4v) is 2.08. The first kappa shape index (κ1) is 9.13. The lowest BCUT2D eigenvalue weighted by Crippen LogP contribution is -2.22. The number of nitrogens with two attached hydrogens (primary N) is 1. The molecule has 2 aliphatic rings. The van der Waals surface area contributed by atoms with Crippen LogP contribution in [0.3, 0.4) is 0 Å². The van der Waals surface area contributed by atoms with E-state index < -0.39 is 0 Å². The second-order valence-electron chi connectivity index (χ2n) is 3.69. The summed E-state index contributed by atoms with van der Waals surface area (Å²) in [5, 5.41) is 3.42. The van der Waals surface area contributed by atoms with Crippen molar-refractivity contribution in [2.45, 2.75) is 19.8 Å². The highest BCUT2D eigenvalue weighted by Gasteiger charge is 2.17. The van der Waals surface area contributed by atoms with E-state index in [0.29, 0.717) is 0 Å². The largest absolute Gasteiger partial charge is 0.405 e. The van der Waals surface area contributed by atoms with Crippen molar-refractivity contribution < 1.29 is 0 Å². The molecule has 1 heterocycles. The summed E-state index contributed by atoms with van der Waals surface area (Å²) in [6.45, 7) is 3.10.